The van der Waals surface area contributed by atoms with Gasteiger partial charge in [-0.15, -0.1) is 0 Å². The van der Waals surface area contributed by atoms with Crippen LogP contribution in [-0.2, 0) is 9.53 Å². The molecule has 0 saturated heterocycles. The van der Waals surface area contributed by atoms with Crippen molar-refractivity contribution in [3.8, 4) is 0 Å². The van der Waals surface area contributed by atoms with Crippen molar-refractivity contribution in [3.63, 3.8) is 0 Å². The minimum absolute atomic E-state index is 0.00717. The van der Waals surface area contributed by atoms with Gasteiger partial charge in [-0.3, -0.25) is 4.79 Å². The van der Waals surface area contributed by atoms with Gasteiger partial charge in [-0.2, -0.15) is 0 Å². The van der Waals surface area contributed by atoms with Crippen LogP contribution < -0.4 is 5.32 Å². The SMILES string of the molecule is CCOCCC(=O)Nc1cc(C)[nH]c1C(=O)O. The normalized spacial score (nSPS) is 10.2. The molecule has 1 amide bonds. The predicted molar refractivity (Wildman–Crippen MR) is 62.2 cm³/mol. The van der Waals surface area contributed by atoms with Crippen LogP contribution in [-0.4, -0.2) is 35.2 Å². The maximum Gasteiger partial charge on any atom is 0.354 e. The van der Waals surface area contributed by atoms with Crippen molar-refractivity contribution in [3.05, 3.63) is 17.5 Å². The summed E-state index contributed by atoms with van der Waals surface area (Å²) in [6, 6.07) is 1.59. The van der Waals surface area contributed by atoms with Crippen LogP contribution in [0.25, 0.3) is 0 Å². The monoisotopic (exact) mass is 240 g/mol. The van der Waals surface area contributed by atoms with Gasteiger partial charge in [0.25, 0.3) is 0 Å². The van der Waals surface area contributed by atoms with E-state index < -0.39 is 5.97 Å². The lowest BCUT2D eigenvalue weighted by Gasteiger charge is -2.04. The molecule has 0 aliphatic carbocycles. The van der Waals surface area contributed by atoms with E-state index in [1.54, 1.807) is 13.0 Å². The third kappa shape index (κ3) is 3.92. The van der Waals surface area contributed by atoms with Crippen molar-refractivity contribution >= 4 is 17.6 Å². The third-order valence-electron chi connectivity index (χ3n) is 2.12. The van der Waals surface area contributed by atoms with Gasteiger partial charge in [-0.05, 0) is 19.9 Å². The maximum atomic E-state index is 11.5. The van der Waals surface area contributed by atoms with Gasteiger partial charge < -0.3 is 20.1 Å². The maximum absolute atomic E-state index is 11.5. The van der Waals surface area contributed by atoms with Gasteiger partial charge in [0, 0.05) is 12.3 Å². The topological polar surface area (TPSA) is 91.4 Å². The Kier molecular flexibility index (Phi) is 4.71. The largest absolute Gasteiger partial charge is 0.477 e. The summed E-state index contributed by atoms with van der Waals surface area (Å²) in [6.07, 6.45) is 0.205. The van der Waals surface area contributed by atoms with Crippen LogP contribution in [0.15, 0.2) is 6.07 Å². The van der Waals surface area contributed by atoms with Gasteiger partial charge in [0.1, 0.15) is 5.69 Å². The average molecular weight is 240 g/mol. The second-order valence-corrected chi connectivity index (χ2v) is 3.54. The number of ether oxygens (including phenoxy) is 1. The van der Waals surface area contributed by atoms with Crippen LogP contribution in [0, 0.1) is 6.92 Å². The number of anilines is 1. The molecule has 1 aromatic rings. The lowest BCUT2D eigenvalue weighted by molar-refractivity contribution is -0.117. The smallest absolute Gasteiger partial charge is 0.354 e. The summed E-state index contributed by atoms with van der Waals surface area (Å²) >= 11 is 0. The fourth-order valence-corrected chi connectivity index (χ4v) is 1.38. The van der Waals surface area contributed by atoms with Gasteiger partial charge in [0.05, 0.1) is 18.7 Å². The molecule has 0 aromatic carbocycles. The molecule has 0 aliphatic heterocycles. The molecule has 1 aromatic heterocycles. The van der Waals surface area contributed by atoms with Gasteiger partial charge in [-0.25, -0.2) is 4.79 Å². The highest BCUT2D eigenvalue weighted by Gasteiger charge is 2.14. The summed E-state index contributed by atoms with van der Waals surface area (Å²) in [5, 5.41) is 11.4. The second kappa shape index (κ2) is 6.05. The molecule has 0 unspecified atom stereocenters. The molecule has 0 radical (unpaired) electrons. The Bertz CT molecular complexity index is 412. The Morgan fingerprint density at radius 3 is 2.82 bits per heavy atom. The molecule has 0 saturated carbocycles. The number of carboxylic acid groups (broad SMARTS) is 1. The number of carbonyl (C=O) groups is 2. The summed E-state index contributed by atoms with van der Waals surface area (Å²) in [5.41, 5.74) is 0.964. The van der Waals surface area contributed by atoms with E-state index in [9.17, 15) is 9.59 Å². The van der Waals surface area contributed by atoms with Gasteiger partial charge in [0.2, 0.25) is 5.91 Å². The summed E-state index contributed by atoms with van der Waals surface area (Å²) in [7, 11) is 0. The van der Waals surface area contributed by atoms with Crippen molar-refractivity contribution in [2.75, 3.05) is 18.5 Å². The number of aromatic amines is 1. The standard InChI is InChI=1S/C11H16N2O4/c1-3-17-5-4-9(14)13-8-6-7(2)12-10(8)11(15)16/h6,12H,3-5H2,1-2H3,(H,13,14)(H,15,16). The molecule has 0 aliphatic rings. The highest BCUT2D eigenvalue weighted by atomic mass is 16.5. The number of carboxylic acids is 1. The van der Waals surface area contributed by atoms with Gasteiger partial charge >= 0.3 is 5.97 Å². The van der Waals surface area contributed by atoms with E-state index >= 15 is 0 Å². The van der Waals surface area contributed by atoms with Gasteiger partial charge in [0.15, 0.2) is 0 Å². The van der Waals surface area contributed by atoms with Crippen LogP contribution in [0.1, 0.15) is 29.5 Å². The van der Waals surface area contributed by atoms with Crippen molar-refractivity contribution in [1.82, 2.24) is 4.98 Å². The number of carbonyl (C=O) groups excluding carboxylic acids is 1. The Balaban J connectivity index is 2.61. The molecule has 0 atom stereocenters. The number of aryl methyl sites for hydroxylation is 1. The molecule has 6 heteroatoms. The molecule has 17 heavy (non-hydrogen) atoms. The first-order chi connectivity index (χ1) is 8.04. The van der Waals surface area contributed by atoms with Gasteiger partial charge in [-0.1, -0.05) is 0 Å². The highest BCUT2D eigenvalue weighted by Crippen LogP contribution is 2.16. The van der Waals surface area contributed by atoms with E-state index in [0.717, 1.165) is 0 Å². The highest BCUT2D eigenvalue weighted by molar-refractivity contribution is 5.99. The minimum atomic E-state index is -1.10. The number of rotatable bonds is 6. The minimum Gasteiger partial charge on any atom is -0.477 e. The van der Waals surface area contributed by atoms with E-state index in [1.165, 1.54) is 0 Å². The summed E-state index contributed by atoms with van der Waals surface area (Å²) in [4.78, 5) is 25.0. The molecule has 0 spiro atoms. The van der Waals surface area contributed by atoms with E-state index in [2.05, 4.69) is 10.3 Å². The number of aromatic nitrogens is 1. The Morgan fingerprint density at radius 1 is 1.53 bits per heavy atom. The zero-order valence-electron chi connectivity index (χ0n) is 9.87. The van der Waals surface area contributed by atoms with E-state index in [-0.39, 0.29) is 23.7 Å². The third-order valence-corrected chi connectivity index (χ3v) is 2.12. The molecule has 0 fully saturated rings. The van der Waals surface area contributed by atoms with E-state index in [1.807, 2.05) is 6.92 Å². The Morgan fingerprint density at radius 2 is 2.24 bits per heavy atom. The number of nitrogens with one attached hydrogen (secondary N) is 2. The first-order valence-corrected chi connectivity index (χ1v) is 5.35. The second-order valence-electron chi connectivity index (χ2n) is 3.54. The molecule has 6 nitrogen and oxygen atoms in total. The summed E-state index contributed by atoms with van der Waals surface area (Å²) in [6.45, 7) is 4.45. The summed E-state index contributed by atoms with van der Waals surface area (Å²) in [5.74, 6) is -1.36. The van der Waals surface area contributed by atoms with E-state index in [0.29, 0.717) is 18.9 Å². The van der Waals surface area contributed by atoms with Crippen LogP contribution in [0.4, 0.5) is 5.69 Å². The quantitative estimate of drug-likeness (QED) is 0.655. The predicted octanol–water partition coefficient (Wildman–Crippen LogP) is 1.39. The van der Waals surface area contributed by atoms with Crippen LogP contribution in [0.2, 0.25) is 0 Å². The van der Waals surface area contributed by atoms with Crippen LogP contribution >= 0.6 is 0 Å². The zero-order chi connectivity index (χ0) is 12.8. The first kappa shape index (κ1) is 13.2. The zero-order valence-corrected chi connectivity index (χ0v) is 9.87. The molecular weight excluding hydrogens is 224 g/mol. The Hall–Kier alpha value is -1.82. The van der Waals surface area contributed by atoms with Crippen LogP contribution in [0.5, 0.6) is 0 Å². The van der Waals surface area contributed by atoms with Crippen molar-refractivity contribution in [2.24, 2.45) is 0 Å². The number of hydrogen-bond acceptors (Lipinski definition) is 3. The number of amides is 1. The lowest BCUT2D eigenvalue weighted by Crippen LogP contribution is -2.15. The average Bonchev–Trinajstić information content (AvgIpc) is 2.60. The summed E-state index contributed by atoms with van der Waals surface area (Å²) < 4.78 is 5.04. The van der Waals surface area contributed by atoms with Crippen LogP contribution in [0.3, 0.4) is 0 Å². The first-order valence-electron chi connectivity index (χ1n) is 5.35. The number of hydrogen-bond donors (Lipinski definition) is 3. The van der Waals surface area contributed by atoms with E-state index in [4.69, 9.17) is 9.84 Å². The fourth-order valence-electron chi connectivity index (χ4n) is 1.38. The van der Waals surface area contributed by atoms with Crippen molar-refractivity contribution in [2.45, 2.75) is 20.3 Å². The Labute approximate surface area is 99.0 Å². The molecule has 0 bridgehead atoms. The molecule has 1 rings (SSSR count). The lowest BCUT2D eigenvalue weighted by atomic mass is 10.3. The number of aromatic carboxylic acids is 1. The molecular formula is C11H16N2O4. The molecule has 1 heterocycles. The molecule has 94 valence electrons. The number of H-pyrrole nitrogens is 1. The van der Waals surface area contributed by atoms with Crippen molar-refractivity contribution < 1.29 is 19.4 Å². The van der Waals surface area contributed by atoms with Crippen molar-refractivity contribution in [1.29, 1.82) is 0 Å². The fraction of sp³-hybridized carbons (Fsp3) is 0.455. The molecule has 3 N–H and O–H groups in total.